The fourth-order valence-corrected chi connectivity index (χ4v) is 2.71. The second-order valence-electron chi connectivity index (χ2n) is 6.29. The molecule has 0 spiro atoms. The molecule has 0 aromatic heterocycles. The largest absolute Gasteiger partial charge is 0.481 e. The highest BCUT2D eigenvalue weighted by atomic mass is 16.6. The van der Waals surface area contributed by atoms with Gasteiger partial charge in [-0.05, 0) is 51.0 Å². The Kier molecular flexibility index (Phi) is 6.56. The van der Waals surface area contributed by atoms with Crippen molar-refractivity contribution in [3.63, 3.8) is 0 Å². The quantitative estimate of drug-likeness (QED) is 0.791. The molecule has 0 unspecified atom stereocenters. The van der Waals surface area contributed by atoms with E-state index in [2.05, 4.69) is 5.32 Å². The lowest BCUT2D eigenvalue weighted by Crippen LogP contribution is -2.32. The molecule has 1 amide bonds. The molecule has 0 saturated carbocycles. The number of carbonyl (C=O) groups is 2. The van der Waals surface area contributed by atoms with Crippen molar-refractivity contribution >= 4 is 17.6 Å². The van der Waals surface area contributed by atoms with E-state index in [1.807, 2.05) is 39.0 Å². The Hall–Kier alpha value is -3.33. The van der Waals surface area contributed by atoms with Gasteiger partial charge in [0.2, 0.25) is 0 Å². The van der Waals surface area contributed by atoms with Crippen LogP contribution >= 0.6 is 0 Å². The molecule has 27 heavy (non-hydrogen) atoms. The number of nitrogens with zero attached hydrogens (tertiary/aromatic N) is 1. The highest BCUT2D eigenvalue weighted by Gasteiger charge is 2.20. The van der Waals surface area contributed by atoms with Gasteiger partial charge in [-0.15, -0.1) is 0 Å². The van der Waals surface area contributed by atoms with Crippen LogP contribution in [0.3, 0.4) is 0 Å². The van der Waals surface area contributed by atoms with Crippen LogP contribution < -0.4 is 10.1 Å². The Morgan fingerprint density at radius 2 is 1.78 bits per heavy atom. The predicted octanol–water partition coefficient (Wildman–Crippen LogP) is 3.43. The fraction of sp³-hybridized carbons (Fsp3) is 0.286. The van der Waals surface area contributed by atoms with E-state index in [9.17, 15) is 9.59 Å². The number of rotatable bonds is 6. The van der Waals surface area contributed by atoms with E-state index in [0.717, 1.165) is 16.7 Å². The lowest BCUT2D eigenvalue weighted by Gasteiger charge is -2.17. The van der Waals surface area contributed by atoms with Crippen molar-refractivity contribution in [2.45, 2.75) is 33.8 Å². The zero-order chi connectivity index (χ0) is 20.0. The molecule has 0 aliphatic carbocycles. The maximum Gasteiger partial charge on any atom is 0.344 e. The zero-order valence-electron chi connectivity index (χ0n) is 15.8. The van der Waals surface area contributed by atoms with Crippen LogP contribution in [0.5, 0.6) is 5.75 Å². The smallest absolute Gasteiger partial charge is 0.344 e. The molecule has 0 fully saturated rings. The van der Waals surface area contributed by atoms with Gasteiger partial charge >= 0.3 is 5.97 Å². The van der Waals surface area contributed by atoms with Gasteiger partial charge in [0.1, 0.15) is 11.8 Å². The normalized spacial score (nSPS) is 11.2. The number of esters is 1. The number of ether oxygens (including phenoxy) is 2. The molecular weight excluding hydrogens is 344 g/mol. The maximum absolute atomic E-state index is 12.3. The van der Waals surface area contributed by atoms with Crippen LogP contribution in [-0.2, 0) is 14.3 Å². The summed E-state index contributed by atoms with van der Waals surface area (Å²) in [6.07, 6.45) is -0.979. The lowest BCUT2D eigenvalue weighted by atomic mass is 10.0. The van der Waals surface area contributed by atoms with Gasteiger partial charge in [-0.3, -0.25) is 4.79 Å². The molecule has 0 bridgehead atoms. The molecule has 2 aromatic rings. The number of hydrogen-bond acceptors (Lipinski definition) is 5. The minimum atomic E-state index is -0.979. The molecule has 0 radical (unpaired) electrons. The van der Waals surface area contributed by atoms with Crippen LogP contribution in [0, 0.1) is 32.1 Å². The minimum absolute atomic E-state index is 0.292. The van der Waals surface area contributed by atoms with Crippen LogP contribution in [-0.4, -0.2) is 24.6 Å². The number of anilines is 1. The topological polar surface area (TPSA) is 88.4 Å². The first-order valence-corrected chi connectivity index (χ1v) is 8.52. The number of benzene rings is 2. The first-order valence-electron chi connectivity index (χ1n) is 8.52. The summed E-state index contributed by atoms with van der Waals surface area (Å²) in [5.41, 5.74) is 4.03. The van der Waals surface area contributed by atoms with Gasteiger partial charge in [0.25, 0.3) is 5.91 Å². The molecule has 0 aliphatic rings. The molecule has 2 aromatic carbocycles. The molecule has 1 atom stereocenters. The number of nitrogens with one attached hydrogen (secondary N) is 1. The third-order valence-electron chi connectivity index (χ3n) is 3.96. The number of aryl methyl sites for hydroxylation is 3. The monoisotopic (exact) mass is 366 g/mol. The third-order valence-corrected chi connectivity index (χ3v) is 3.96. The molecule has 0 aliphatic heterocycles. The van der Waals surface area contributed by atoms with Gasteiger partial charge in [-0.25, -0.2) is 4.79 Å². The Labute approximate surface area is 158 Å². The first-order chi connectivity index (χ1) is 12.8. The van der Waals surface area contributed by atoms with Crippen LogP contribution in [0.4, 0.5) is 5.69 Å². The fourth-order valence-electron chi connectivity index (χ4n) is 2.71. The number of amides is 1. The second kappa shape index (κ2) is 8.86. The predicted molar refractivity (Wildman–Crippen MR) is 101 cm³/mol. The Balaban J connectivity index is 1.92. The molecule has 2 rings (SSSR count). The molecule has 140 valence electrons. The minimum Gasteiger partial charge on any atom is -0.481 e. The molecule has 6 heteroatoms. The molecule has 0 heterocycles. The Morgan fingerprint density at radius 1 is 1.15 bits per heavy atom. The first kappa shape index (κ1) is 20.0. The summed E-state index contributed by atoms with van der Waals surface area (Å²) in [6.45, 7) is 6.91. The molecule has 0 saturated heterocycles. The summed E-state index contributed by atoms with van der Waals surface area (Å²) < 4.78 is 10.4. The maximum atomic E-state index is 12.3. The van der Waals surface area contributed by atoms with Crippen LogP contribution in [0.2, 0.25) is 0 Å². The van der Waals surface area contributed by atoms with Gasteiger partial charge in [0, 0.05) is 5.69 Å². The van der Waals surface area contributed by atoms with Crippen molar-refractivity contribution in [2.24, 2.45) is 0 Å². The van der Waals surface area contributed by atoms with Crippen molar-refractivity contribution in [1.82, 2.24) is 0 Å². The highest BCUT2D eigenvalue weighted by Crippen LogP contribution is 2.22. The van der Waals surface area contributed by atoms with Crippen molar-refractivity contribution < 1.29 is 19.1 Å². The van der Waals surface area contributed by atoms with Crippen LogP contribution in [0.1, 0.15) is 29.2 Å². The second-order valence-corrected chi connectivity index (χ2v) is 6.29. The number of para-hydroxylation sites is 1. The average molecular weight is 366 g/mol. The zero-order valence-corrected chi connectivity index (χ0v) is 15.8. The average Bonchev–Trinajstić information content (AvgIpc) is 2.62. The number of carbonyl (C=O) groups excluding carboxylic acids is 2. The standard InChI is InChI=1S/C21H22N2O4/c1-13-9-14(2)20(15(3)10-13)23-21(25)16(4)27-19(24)12-26-18-8-6-5-7-17(18)11-22/h5-10,16H,12H2,1-4H3,(H,23,25)/t16-/m0/s1. The van der Waals surface area contributed by atoms with Gasteiger partial charge in [-0.1, -0.05) is 29.8 Å². The van der Waals surface area contributed by atoms with Crippen LogP contribution in [0.15, 0.2) is 36.4 Å². The van der Waals surface area contributed by atoms with Gasteiger partial charge < -0.3 is 14.8 Å². The van der Waals surface area contributed by atoms with Gasteiger partial charge in [-0.2, -0.15) is 5.26 Å². The summed E-state index contributed by atoms with van der Waals surface area (Å²) in [4.78, 5) is 24.3. The van der Waals surface area contributed by atoms with E-state index >= 15 is 0 Å². The summed E-state index contributed by atoms with van der Waals surface area (Å²) >= 11 is 0. The Bertz CT molecular complexity index is 876. The lowest BCUT2D eigenvalue weighted by molar-refractivity contribution is -0.155. The summed E-state index contributed by atoms with van der Waals surface area (Å²) in [5.74, 6) is -0.821. The Morgan fingerprint density at radius 3 is 2.41 bits per heavy atom. The van der Waals surface area contributed by atoms with E-state index in [4.69, 9.17) is 14.7 Å². The molecule has 1 N–H and O–H groups in total. The third kappa shape index (κ3) is 5.32. The highest BCUT2D eigenvalue weighted by molar-refractivity contribution is 5.96. The number of nitriles is 1. The van der Waals surface area contributed by atoms with Crippen LogP contribution in [0.25, 0.3) is 0 Å². The van der Waals surface area contributed by atoms with Gasteiger partial charge in [0.05, 0.1) is 5.56 Å². The molecular formula is C21H22N2O4. The van der Waals surface area contributed by atoms with E-state index in [0.29, 0.717) is 17.0 Å². The SMILES string of the molecule is Cc1cc(C)c(NC(=O)[C@H](C)OC(=O)COc2ccccc2C#N)c(C)c1. The van der Waals surface area contributed by atoms with Crippen molar-refractivity contribution in [1.29, 1.82) is 5.26 Å². The van der Waals surface area contributed by atoms with E-state index in [-0.39, 0.29) is 6.61 Å². The van der Waals surface area contributed by atoms with E-state index in [1.54, 1.807) is 24.3 Å². The summed E-state index contributed by atoms with van der Waals surface area (Å²) in [6, 6.07) is 12.5. The number of hydrogen-bond donors (Lipinski definition) is 1. The van der Waals surface area contributed by atoms with Crippen molar-refractivity contribution in [2.75, 3.05) is 11.9 Å². The van der Waals surface area contributed by atoms with E-state index < -0.39 is 18.0 Å². The summed E-state index contributed by atoms with van der Waals surface area (Å²) in [7, 11) is 0. The molecule has 6 nitrogen and oxygen atoms in total. The van der Waals surface area contributed by atoms with Gasteiger partial charge in [0.15, 0.2) is 12.7 Å². The van der Waals surface area contributed by atoms with Crippen molar-refractivity contribution in [3.8, 4) is 11.8 Å². The van der Waals surface area contributed by atoms with E-state index in [1.165, 1.54) is 6.92 Å². The van der Waals surface area contributed by atoms with Crippen molar-refractivity contribution in [3.05, 3.63) is 58.7 Å². The summed E-state index contributed by atoms with van der Waals surface area (Å²) in [5, 5.41) is 11.8.